The lowest BCUT2D eigenvalue weighted by atomic mass is 10.1. The Hall–Kier alpha value is -1.63. The molecular formula is C17H19BrN2O3. The van der Waals surface area contributed by atoms with Crippen molar-refractivity contribution >= 4 is 21.8 Å². The van der Waals surface area contributed by atoms with Crippen LogP contribution in [0.3, 0.4) is 0 Å². The van der Waals surface area contributed by atoms with Gasteiger partial charge in [-0.3, -0.25) is 9.69 Å². The molecule has 122 valence electrons. The minimum atomic E-state index is -0.191. The number of benzene rings is 1. The maximum atomic E-state index is 11.9. The van der Waals surface area contributed by atoms with Gasteiger partial charge in [-0.05, 0) is 33.6 Å². The SMILES string of the molecule is O=C(NCCN1CCOC(c2ccccc2)C1)c1ccc(Br)o1. The number of rotatable bonds is 5. The minimum absolute atomic E-state index is 0.0988. The van der Waals surface area contributed by atoms with Gasteiger partial charge in [-0.1, -0.05) is 30.3 Å². The molecule has 1 N–H and O–H groups in total. The maximum Gasteiger partial charge on any atom is 0.287 e. The molecule has 1 aliphatic rings. The van der Waals surface area contributed by atoms with Crippen molar-refractivity contribution in [3.63, 3.8) is 0 Å². The molecule has 1 aromatic carbocycles. The second-order valence-electron chi connectivity index (χ2n) is 5.43. The van der Waals surface area contributed by atoms with E-state index in [2.05, 4.69) is 38.3 Å². The third-order valence-corrected chi connectivity index (χ3v) is 4.26. The van der Waals surface area contributed by atoms with Crippen LogP contribution in [0.4, 0.5) is 0 Å². The molecule has 2 heterocycles. The Morgan fingerprint density at radius 2 is 2.09 bits per heavy atom. The largest absolute Gasteiger partial charge is 0.444 e. The van der Waals surface area contributed by atoms with Crippen molar-refractivity contribution < 1.29 is 13.9 Å². The van der Waals surface area contributed by atoms with Crippen LogP contribution >= 0.6 is 15.9 Å². The number of nitrogens with one attached hydrogen (secondary N) is 1. The van der Waals surface area contributed by atoms with Crippen LogP contribution in [0.25, 0.3) is 0 Å². The molecule has 1 saturated heterocycles. The van der Waals surface area contributed by atoms with Gasteiger partial charge in [0.05, 0.1) is 12.7 Å². The molecular weight excluding hydrogens is 360 g/mol. The molecule has 0 radical (unpaired) electrons. The van der Waals surface area contributed by atoms with Crippen LogP contribution in [0.1, 0.15) is 22.2 Å². The summed E-state index contributed by atoms with van der Waals surface area (Å²) in [5.41, 5.74) is 1.20. The first-order valence-corrected chi connectivity index (χ1v) is 8.44. The molecule has 1 atom stereocenters. The lowest BCUT2D eigenvalue weighted by molar-refractivity contribution is -0.0293. The van der Waals surface area contributed by atoms with Gasteiger partial charge >= 0.3 is 0 Å². The van der Waals surface area contributed by atoms with E-state index < -0.39 is 0 Å². The van der Waals surface area contributed by atoms with Gasteiger partial charge < -0.3 is 14.5 Å². The maximum absolute atomic E-state index is 11.9. The molecule has 23 heavy (non-hydrogen) atoms. The van der Waals surface area contributed by atoms with E-state index in [9.17, 15) is 4.79 Å². The summed E-state index contributed by atoms with van der Waals surface area (Å²) in [7, 11) is 0. The molecule has 1 amide bonds. The van der Waals surface area contributed by atoms with Crippen molar-refractivity contribution in [3.8, 4) is 0 Å². The summed E-state index contributed by atoms with van der Waals surface area (Å²) in [5.74, 6) is 0.129. The predicted molar refractivity (Wildman–Crippen MR) is 90.3 cm³/mol. The second-order valence-corrected chi connectivity index (χ2v) is 6.21. The number of halogens is 1. The number of hydrogen-bond acceptors (Lipinski definition) is 4. The van der Waals surface area contributed by atoms with Gasteiger partial charge in [0, 0.05) is 26.2 Å². The zero-order chi connectivity index (χ0) is 16.1. The van der Waals surface area contributed by atoms with Crippen molar-refractivity contribution in [2.45, 2.75) is 6.10 Å². The van der Waals surface area contributed by atoms with E-state index in [0.717, 1.165) is 19.6 Å². The summed E-state index contributed by atoms with van der Waals surface area (Å²) >= 11 is 3.19. The summed E-state index contributed by atoms with van der Waals surface area (Å²) in [5, 5.41) is 2.88. The first-order chi connectivity index (χ1) is 11.2. The number of carbonyl (C=O) groups excluding carboxylic acids is 1. The smallest absolute Gasteiger partial charge is 0.287 e. The van der Waals surface area contributed by atoms with Crippen molar-refractivity contribution in [1.82, 2.24) is 10.2 Å². The molecule has 3 rings (SSSR count). The molecule has 1 aromatic heterocycles. The van der Waals surface area contributed by atoms with E-state index in [-0.39, 0.29) is 12.0 Å². The fraction of sp³-hybridized carbons (Fsp3) is 0.353. The van der Waals surface area contributed by atoms with Gasteiger partial charge in [0.15, 0.2) is 10.4 Å². The van der Waals surface area contributed by atoms with Gasteiger partial charge in [0.1, 0.15) is 0 Å². The van der Waals surface area contributed by atoms with Crippen molar-refractivity contribution in [2.75, 3.05) is 32.8 Å². The number of ether oxygens (including phenoxy) is 1. The summed E-state index contributed by atoms with van der Waals surface area (Å²) < 4.78 is 11.6. The third-order valence-electron chi connectivity index (χ3n) is 3.83. The second kappa shape index (κ2) is 7.77. The Bertz CT molecular complexity index is 644. The fourth-order valence-corrected chi connectivity index (χ4v) is 2.93. The Kier molecular flexibility index (Phi) is 5.48. The Labute approximate surface area is 143 Å². The Morgan fingerprint density at radius 3 is 2.83 bits per heavy atom. The molecule has 0 spiro atoms. The zero-order valence-electron chi connectivity index (χ0n) is 12.7. The van der Waals surface area contributed by atoms with Gasteiger partial charge in [0.2, 0.25) is 0 Å². The Morgan fingerprint density at radius 1 is 1.26 bits per heavy atom. The molecule has 5 nitrogen and oxygen atoms in total. The van der Waals surface area contributed by atoms with Crippen molar-refractivity contribution in [2.24, 2.45) is 0 Å². The number of hydrogen-bond donors (Lipinski definition) is 1. The number of amides is 1. The van der Waals surface area contributed by atoms with E-state index in [1.807, 2.05) is 18.2 Å². The molecule has 0 bridgehead atoms. The fourth-order valence-electron chi connectivity index (χ4n) is 2.63. The van der Waals surface area contributed by atoms with E-state index in [4.69, 9.17) is 9.15 Å². The van der Waals surface area contributed by atoms with E-state index in [0.29, 0.717) is 23.6 Å². The molecule has 1 unspecified atom stereocenters. The highest BCUT2D eigenvalue weighted by molar-refractivity contribution is 9.10. The number of furan rings is 1. The third kappa shape index (κ3) is 4.43. The van der Waals surface area contributed by atoms with E-state index in [1.54, 1.807) is 12.1 Å². The monoisotopic (exact) mass is 378 g/mol. The minimum Gasteiger partial charge on any atom is -0.444 e. The summed E-state index contributed by atoms with van der Waals surface area (Å²) in [6.07, 6.45) is 0.0988. The summed E-state index contributed by atoms with van der Waals surface area (Å²) in [4.78, 5) is 14.2. The van der Waals surface area contributed by atoms with E-state index in [1.165, 1.54) is 5.56 Å². The first-order valence-electron chi connectivity index (χ1n) is 7.65. The summed E-state index contributed by atoms with van der Waals surface area (Å²) in [6.45, 7) is 3.80. The average Bonchev–Trinajstić information content (AvgIpc) is 3.02. The van der Waals surface area contributed by atoms with Crippen LogP contribution in [0.5, 0.6) is 0 Å². The van der Waals surface area contributed by atoms with Crippen molar-refractivity contribution in [1.29, 1.82) is 0 Å². The molecule has 0 aliphatic carbocycles. The van der Waals surface area contributed by atoms with Crippen molar-refractivity contribution in [3.05, 3.63) is 58.5 Å². The van der Waals surface area contributed by atoms with Crippen LogP contribution in [0, 0.1) is 0 Å². The number of nitrogens with zero attached hydrogens (tertiary/aromatic N) is 1. The van der Waals surface area contributed by atoms with Crippen LogP contribution in [-0.4, -0.2) is 43.6 Å². The number of carbonyl (C=O) groups is 1. The Balaban J connectivity index is 1.46. The normalized spacial score (nSPS) is 18.7. The molecule has 1 aliphatic heterocycles. The standard InChI is InChI=1S/C17H19BrN2O3/c18-16-7-6-14(23-16)17(21)19-8-9-20-10-11-22-15(12-20)13-4-2-1-3-5-13/h1-7,15H,8-12H2,(H,19,21). The zero-order valence-corrected chi connectivity index (χ0v) is 14.3. The first kappa shape index (κ1) is 16.2. The predicted octanol–water partition coefficient (Wildman–Crippen LogP) is 2.85. The summed E-state index contributed by atoms with van der Waals surface area (Å²) in [6, 6.07) is 13.6. The molecule has 0 saturated carbocycles. The topological polar surface area (TPSA) is 54.7 Å². The van der Waals surface area contributed by atoms with Gasteiger partial charge in [-0.2, -0.15) is 0 Å². The van der Waals surface area contributed by atoms with E-state index >= 15 is 0 Å². The number of morpholine rings is 1. The lowest BCUT2D eigenvalue weighted by Crippen LogP contribution is -2.42. The highest BCUT2D eigenvalue weighted by Crippen LogP contribution is 2.21. The quantitative estimate of drug-likeness (QED) is 0.868. The van der Waals surface area contributed by atoms with Crippen LogP contribution in [0.15, 0.2) is 51.6 Å². The molecule has 6 heteroatoms. The molecule has 2 aromatic rings. The highest BCUT2D eigenvalue weighted by atomic mass is 79.9. The van der Waals surface area contributed by atoms with Gasteiger partial charge in [-0.15, -0.1) is 0 Å². The molecule has 1 fully saturated rings. The van der Waals surface area contributed by atoms with Crippen LogP contribution in [-0.2, 0) is 4.74 Å². The lowest BCUT2D eigenvalue weighted by Gasteiger charge is -2.33. The average molecular weight is 379 g/mol. The van der Waals surface area contributed by atoms with Gasteiger partial charge in [0.25, 0.3) is 5.91 Å². The van der Waals surface area contributed by atoms with Crippen LogP contribution in [0.2, 0.25) is 0 Å². The van der Waals surface area contributed by atoms with Gasteiger partial charge in [-0.25, -0.2) is 0 Å². The highest BCUT2D eigenvalue weighted by Gasteiger charge is 2.21. The van der Waals surface area contributed by atoms with Crippen LogP contribution < -0.4 is 5.32 Å².